The molecule has 2 aromatic rings. The molecule has 0 fully saturated rings. The lowest BCUT2D eigenvalue weighted by atomic mass is 10.2. The maximum absolute atomic E-state index is 12.7. The van der Waals surface area contributed by atoms with Crippen molar-refractivity contribution in [3.8, 4) is 5.75 Å². The quantitative estimate of drug-likeness (QED) is 0.703. The highest BCUT2D eigenvalue weighted by Gasteiger charge is 2.24. The number of methoxy groups -OCH3 is 1. The normalized spacial score (nSPS) is 11.1. The van der Waals surface area contributed by atoms with Crippen LogP contribution < -0.4 is 9.04 Å². The SMILES string of the molecule is COc1ccc(Cl)cc1CN(C)C(=O)CN(c1ccccc1C)S(C)(=O)=O. The molecular formula is C19H23ClN2O4S. The Morgan fingerprint density at radius 3 is 2.44 bits per heavy atom. The molecule has 2 aromatic carbocycles. The summed E-state index contributed by atoms with van der Waals surface area (Å²) in [6, 6.07) is 12.2. The highest BCUT2D eigenvalue weighted by atomic mass is 35.5. The number of hydrogen-bond acceptors (Lipinski definition) is 4. The smallest absolute Gasteiger partial charge is 0.243 e. The summed E-state index contributed by atoms with van der Waals surface area (Å²) >= 11 is 6.03. The first-order valence-electron chi connectivity index (χ1n) is 8.23. The first kappa shape index (κ1) is 21.1. The van der Waals surface area contributed by atoms with Gasteiger partial charge in [-0.1, -0.05) is 29.8 Å². The molecule has 0 saturated carbocycles. The number of likely N-dealkylation sites (N-methyl/N-ethyl adjacent to an activating group) is 1. The van der Waals surface area contributed by atoms with Gasteiger partial charge in [0.15, 0.2) is 0 Å². The maximum Gasteiger partial charge on any atom is 0.243 e. The Balaban J connectivity index is 2.23. The van der Waals surface area contributed by atoms with E-state index in [-0.39, 0.29) is 19.0 Å². The zero-order chi connectivity index (χ0) is 20.2. The molecule has 0 bridgehead atoms. The van der Waals surface area contributed by atoms with E-state index < -0.39 is 10.0 Å². The summed E-state index contributed by atoms with van der Waals surface area (Å²) in [5, 5.41) is 0.532. The van der Waals surface area contributed by atoms with E-state index in [9.17, 15) is 13.2 Å². The number of halogens is 1. The molecule has 1 amide bonds. The van der Waals surface area contributed by atoms with Gasteiger partial charge in [-0.3, -0.25) is 9.10 Å². The number of anilines is 1. The Morgan fingerprint density at radius 1 is 1.19 bits per heavy atom. The van der Waals surface area contributed by atoms with Crippen molar-refractivity contribution in [2.75, 3.05) is 31.3 Å². The summed E-state index contributed by atoms with van der Waals surface area (Å²) in [5.74, 6) is 0.267. The topological polar surface area (TPSA) is 66.9 Å². The number of para-hydroxylation sites is 1. The summed E-state index contributed by atoms with van der Waals surface area (Å²) in [5.41, 5.74) is 2.00. The van der Waals surface area contributed by atoms with Crippen LogP contribution >= 0.6 is 11.6 Å². The Kier molecular flexibility index (Phi) is 6.73. The van der Waals surface area contributed by atoms with E-state index in [0.717, 1.165) is 21.7 Å². The Bertz CT molecular complexity index is 931. The van der Waals surface area contributed by atoms with Crippen molar-refractivity contribution >= 4 is 33.2 Å². The standard InChI is InChI=1S/C19H23ClN2O4S/c1-14-7-5-6-8-17(14)22(27(4,24)25)13-19(23)21(2)12-15-11-16(20)9-10-18(15)26-3/h5-11H,12-13H2,1-4H3. The molecule has 0 aliphatic heterocycles. The predicted molar refractivity (Wildman–Crippen MR) is 108 cm³/mol. The van der Waals surface area contributed by atoms with E-state index in [2.05, 4.69) is 0 Å². The second-order valence-electron chi connectivity index (χ2n) is 6.26. The number of hydrogen-bond donors (Lipinski definition) is 0. The van der Waals surface area contributed by atoms with Crippen molar-refractivity contribution < 1.29 is 17.9 Å². The van der Waals surface area contributed by atoms with Crippen molar-refractivity contribution in [3.63, 3.8) is 0 Å². The van der Waals surface area contributed by atoms with E-state index in [0.29, 0.717) is 16.5 Å². The lowest BCUT2D eigenvalue weighted by Gasteiger charge is -2.26. The molecular weight excluding hydrogens is 388 g/mol. The van der Waals surface area contributed by atoms with Crippen LogP contribution in [0, 0.1) is 6.92 Å². The second-order valence-corrected chi connectivity index (χ2v) is 8.61. The third-order valence-electron chi connectivity index (χ3n) is 4.14. The van der Waals surface area contributed by atoms with Gasteiger partial charge in [0.2, 0.25) is 15.9 Å². The molecule has 146 valence electrons. The number of carbonyl (C=O) groups excluding carboxylic acids is 1. The Hall–Kier alpha value is -2.25. The Labute approximate surface area is 165 Å². The number of nitrogens with zero attached hydrogens (tertiary/aromatic N) is 2. The van der Waals surface area contributed by atoms with Gasteiger partial charge in [0.05, 0.1) is 19.1 Å². The number of sulfonamides is 1. The van der Waals surface area contributed by atoms with Gasteiger partial charge < -0.3 is 9.64 Å². The minimum Gasteiger partial charge on any atom is -0.496 e. The third kappa shape index (κ3) is 5.37. The molecule has 0 aliphatic carbocycles. The summed E-state index contributed by atoms with van der Waals surface area (Å²) in [6.07, 6.45) is 1.09. The zero-order valence-corrected chi connectivity index (χ0v) is 17.3. The van der Waals surface area contributed by atoms with Crippen molar-refractivity contribution in [3.05, 3.63) is 58.6 Å². The van der Waals surface area contributed by atoms with Crippen LogP contribution in [-0.2, 0) is 21.4 Å². The Morgan fingerprint density at radius 2 is 1.85 bits per heavy atom. The number of benzene rings is 2. The minimum absolute atomic E-state index is 0.244. The third-order valence-corrected chi connectivity index (χ3v) is 5.50. The average molecular weight is 411 g/mol. The molecule has 0 spiro atoms. The van der Waals surface area contributed by atoms with Gasteiger partial charge in [0, 0.05) is 24.2 Å². The number of ether oxygens (including phenoxy) is 1. The molecule has 8 heteroatoms. The molecule has 0 aromatic heterocycles. The molecule has 0 unspecified atom stereocenters. The average Bonchev–Trinajstić information content (AvgIpc) is 2.59. The van der Waals surface area contributed by atoms with Crippen LogP contribution in [0.5, 0.6) is 5.75 Å². The molecule has 0 saturated heterocycles. The van der Waals surface area contributed by atoms with Gasteiger partial charge in [0.1, 0.15) is 12.3 Å². The summed E-state index contributed by atoms with van der Waals surface area (Å²) < 4.78 is 30.9. The van der Waals surface area contributed by atoms with E-state index in [1.54, 1.807) is 50.4 Å². The van der Waals surface area contributed by atoms with Crippen LogP contribution in [0.1, 0.15) is 11.1 Å². The molecule has 0 atom stereocenters. The van der Waals surface area contributed by atoms with Gasteiger partial charge in [-0.15, -0.1) is 0 Å². The van der Waals surface area contributed by atoms with Crippen molar-refractivity contribution in [1.82, 2.24) is 4.90 Å². The van der Waals surface area contributed by atoms with Crippen LogP contribution in [0.3, 0.4) is 0 Å². The van der Waals surface area contributed by atoms with Crippen LogP contribution in [0.4, 0.5) is 5.69 Å². The van der Waals surface area contributed by atoms with E-state index in [1.807, 2.05) is 6.07 Å². The number of aryl methyl sites for hydroxylation is 1. The van der Waals surface area contributed by atoms with E-state index in [1.165, 1.54) is 12.0 Å². The van der Waals surface area contributed by atoms with Crippen molar-refractivity contribution in [2.45, 2.75) is 13.5 Å². The van der Waals surface area contributed by atoms with Gasteiger partial charge >= 0.3 is 0 Å². The first-order valence-corrected chi connectivity index (χ1v) is 10.5. The summed E-state index contributed by atoms with van der Waals surface area (Å²) in [7, 11) is -0.470. The molecule has 0 aliphatic rings. The highest BCUT2D eigenvalue weighted by Crippen LogP contribution is 2.25. The summed E-state index contributed by atoms with van der Waals surface area (Å²) in [4.78, 5) is 14.2. The van der Waals surface area contributed by atoms with Gasteiger partial charge in [-0.25, -0.2) is 8.42 Å². The van der Waals surface area contributed by atoms with Crippen molar-refractivity contribution in [2.24, 2.45) is 0 Å². The first-order chi connectivity index (χ1) is 12.6. The second kappa shape index (κ2) is 8.63. The lowest BCUT2D eigenvalue weighted by molar-refractivity contribution is -0.128. The summed E-state index contributed by atoms with van der Waals surface area (Å²) in [6.45, 7) is 1.76. The highest BCUT2D eigenvalue weighted by molar-refractivity contribution is 7.92. The molecule has 27 heavy (non-hydrogen) atoms. The lowest BCUT2D eigenvalue weighted by Crippen LogP contribution is -2.41. The van der Waals surface area contributed by atoms with Crippen molar-refractivity contribution in [1.29, 1.82) is 0 Å². The van der Waals surface area contributed by atoms with Crippen LogP contribution in [0.15, 0.2) is 42.5 Å². The fourth-order valence-corrected chi connectivity index (χ4v) is 3.78. The minimum atomic E-state index is -3.62. The largest absolute Gasteiger partial charge is 0.496 e. The maximum atomic E-state index is 12.7. The molecule has 0 N–H and O–H groups in total. The monoisotopic (exact) mass is 410 g/mol. The zero-order valence-electron chi connectivity index (χ0n) is 15.8. The van der Waals surface area contributed by atoms with E-state index >= 15 is 0 Å². The number of carbonyl (C=O) groups is 1. The molecule has 0 radical (unpaired) electrons. The molecule has 0 heterocycles. The molecule has 2 rings (SSSR count). The number of rotatable bonds is 7. The number of amides is 1. The van der Waals surface area contributed by atoms with E-state index in [4.69, 9.17) is 16.3 Å². The van der Waals surface area contributed by atoms with Crippen LogP contribution in [0.25, 0.3) is 0 Å². The molecule has 6 nitrogen and oxygen atoms in total. The van der Waals surface area contributed by atoms with Crippen LogP contribution in [0.2, 0.25) is 5.02 Å². The van der Waals surface area contributed by atoms with Gasteiger partial charge in [0.25, 0.3) is 0 Å². The van der Waals surface area contributed by atoms with Gasteiger partial charge in [-0.2, -0.15) is 0 Å². The van der Waals surface area contributed by atoms with Crippen LogP contribution in [-0.4, -0.2) is 46.2 Å². The predicted octanol–water partition coefficient (Wildman–Crippen LogP) is 3.08. The van der Waals surface area contributed by atoms with Gasteiger partial charge in [-0.05, 0) is 36.8 Å². The fourth-order valence-electron chi connectivity index (χ4n) is 2.68. The fraction of sp³-hybridized carbons (Fsp3) is 0.316.